The van der Waals surface area contributed by atoms with E-state index < -0.39 is 44.0 Å². The Morgan fingerprint density at radius 3 is 1.92 bits per heavy atom. The zero-order valence-electron chi connectivity index (χ0n) is 12.2. The van der Waals surface area contributed by atoms with E-state index in [9.17, 15) is 43.5 Å². The van der Waals surface area contributed by atoms with E-state index in [4.69, 9.17) is 0 Å². The molecule has 1 aliphatic heterocycles. The molecule has 1 fully saturated rings. The van der Waals surface area contributed by atoms with Crippen molar-refractivity contribution in [3.63, 3.8) is 0 Å². The lowest BCUT2D eigenvalue weighted by atomic mass is 10.2. The maximum atomic E-state index is 13.8. The summed E-state index contributed by atoms with van der Waals surface area (Å²) in [5, 5.41) is -6.21. The summed E-state index contributed by atoms with van der Waals surface area (Å²) < 4.78 is 126. The van der Waals surface area contributed by atoms with E-state index >= 15 is 0 Å². The lowest BCUT2D eigenvalue weighted by Gasteiger charge is -2.30. The SMILES string of the molecule is O=S(=O)(N1CC1c1ccccc1)C(F)(F)C(F)(F)OC(F)(F)C(F)(F)I. The molecule has 1 aromatic carbocycles. The highest BCUT2D eigenvalue weighted by molar-refractivity contribution is 14.1. The van der Waals surface area contributed by atoms with Crippen molar-refractivity contribution in [3.8, 4) is 0 Å². The predicted molar refractivity (Wildman–Crippen MR) is 79.7 cm³/mol. The van der Waals surface area contributed by atoms with Crippen molar-refractivity contribution in [2.24, 2.45) is 0 Å². The summed E-state index contributed by atoms with van der Waals surface area (Å²) in [7, 11) is -6.19. The van der Waals surface area contributed by atoms with Gasteiger partial charge >= 0.3 is 21.4 Å². The van der Waals surface area contributed by atoms with Crippen molar-refractivity contribution >= 4 is 32.6 Å². The van der Waals surface area contributed by atoms with Crippen LogP contribution in [-0.4, -0.2) is 40.7 Å². The topological polar surface area (TPSA) is 46.4 Å². The summed E-state index contributed by atoms with van der Waals surface area (Å²) in [6.45, 7) is -0.614. The number of halogens is 9. The van der Waals surface area contributed by atoms with Crippen LogP contribution in [0.4, 0.5) is 35.1 Å². The molecule has 2 rings (SSSR count). The van der Waals surface area contributed by atoms with Gasteiger partial charge in [0.1, 0.15) is 0 Å². The van der Waals surface area contributed by atoms with Crippen LogP contribution in [0.2, 0.25) is 0 Å². The second-order valence-corrected chi connectivity index (χ2v) is 8.44. The molecular formula is C12H8F8INO3S. The van der Waals surface area contributed by atoms with Crippen LogP contribution in [0.3, 0.4) is 0 Å². The van der Waals surface area contributed by atoms with Gasteiger partial charge in [-0.15, -0.1) is 0 Å². The van der Waals surface area contributed by atoms with Crippen molar-refractivity contribution in [2.75, 3.05) is 6.54 Å². The summed E-state index contributed by atoms with van der Waals surface area (Å²) in [6, 6.07) is 5.83. The minimum absolute atomic E-state index is 0.0695. The predicted octanol–water partition coefficient (Wildman–Crippen LogP) is 4.20. The number of rotatable bonds is 7. The van der Waals surface area contributed by atoms with Crippen LogP contribution in [0.25, 0.3) is 0 Å². The molecule has 0 bridgehead atoms. The lowest BCUT2D eigenvalue weighted by molar-refractivity contribution is -0.438. The van der Waals surface area contributed by atoms with Crippen LogP contribution in [0.5, 0.6) is 0 Å². The first kappa shape index (κ1) is 21.6. The number of hydrogen-bond donors (Lipinski definition) is 0. The Kier molecular flexibility index (Phi) is 5.31. The molecule has 1 heterocycles. The molecular weight excluding hydrogens is 517 g/mol. The van der Waals surface area contributed by atoms with E-state index in [0.29, 0.717) is 0 Å². The molecule has 0 amide bonds. The maximum absolute atomic E-state index is 13.8. The molecule has 148 valence electrons. The van der Waals surface area contributed by atoms with E-state index in [1.807, 2.05) is 0 Å². The molecule has 0 spiro atoms. The van der Waals surface area contributed by atoms with Gasteiger partial charge in [0, 0.05) is 29.1 Å². The fourth-order valence-electron chi connectivity index (χ4n) is 1.91. The number of sulfonamides is 1. The number of nitrogens with zero attached hydrogens (tertiary/aromatic N) is 1. The standard InChI is InChI=1S/C12H8F8INO3S/c13-9(14,21)10(15,16)25-11(17,18)12(19,20)26(23,24)22-6-8(22)7-4-2-1-3-5-7/h1-5,8H,6H2. The zero-order chi connectivity index (χ0) is 20.2. The Hall–Kier alpha value is -0.740. The fourth-order valence-corrected chi connectivity index (χ4v) is 3.45. The Morgan fingerprint density at radius 2 is 1.46 bits per heavy atom. The quantitative estimate of drug-likeness (QED) is 0.232. The summed E-state index contributed by atoms with van der Waals surface area (Å²) in [5.41, 5.74) is 0.195. The Balaban J connectivity index is 2.28. The van der Waals surface area contributed by atoms with E-state index in [-0.39, 0.29) is 32.5 Å². The highest BCUT2D eigenvalue weighted by Gasteiger charge is 2.76. The molecule has 0 aromatic heterocycles. The summed E-state index contributed by atoms with van der Waals surface area (Å²) in [4.78, 5) is 0. The highest BCUT2D eigenvalue weighted by Crippen LogP contribution is 2.52. The molecule has 26 heavy (non-hydrogen) atoms. The lowest BCUT2D eigenvalue weighted by Crippen LogP contribution is -2.56. The van der Waals surface area contributed by atoms with Crippen molar-refractivity contribution in [3.05, 3.63) is 35.9 Å². The maximum Gasteiger partial charge on any atom is 0.448 e. The third-order valence-electron chi connectivity index (χ3n) is 3.31. The molecule has 14 heteroatoms. The van der Waals surface area contributed by atoms with Crippen molar-refractivity contribution in [2.45, 2.75) is 27.4 Å². The van der Waals surface area contributed by atoms with Gasteiger partial charge in [0.15, 0.2) is 0 Å². The minimum Gasteiger partial charge on any atom is -0.244 e. The fraction of sp³-hybridized carbons (Fsp3) is 0.500. The zero-order valence-corrected chi connectivity index (χ0v) is 15.1. The average Bonchev–Trinajstić information content (AvgIpc) is 3.26. The van der Waals surface area contributed by atoms with Crippen molar-refractivity contribution < 1.29 is 48.3 Å². The van der Waals surface area contributed by atoms with Gasteiger partial charge in [0.2, 0.25) is 0 Å². The van der Waals surface area contributed by atoms with E-state index in [1.54, 1.807) is 0 Å². The van der Waals surface area contributed by atoms with Crippen LogP contribution >= 0.6 is 22.6 Å². The molecule has 1 aliphatic rings. The van der Waals surface area contributed by atoms with Gasteiger partial charge in [-0.25, -0.2) is 13.2 Å². The largest absolute Gasteiger partial charge is 0.448 e. The second-order valence-electron chi connectivity index (χ2n) is 5.15. The third kappa shape index (κ3) is 3.64. The molecule has 0 aliphatic carbocycles. The van der Waals surface area contributed by atoms with Gasteiger partial charge in [-0.1, -0.05) is 30.3 Å². The van der Waals surface area contributed by atoms with Gasteiger partial charge in [-0.3, -0.25) is 0 Å². The monoisotopic (exact) mass is 525 g/mol. The van der Waals surface area contributed by atoms with Crippen LogP contribution in [-0.2, 0) is 14.8 Å². The average molecular weight is 525 g/mol. The van der Waals surface area contributed by atoms with Gasteiger partial charge in [0.05, 0.1) is 6.04 Å². The van der Waals surface area contributed by atoms with Gasteiger partial charge < -0.3 is 0 Å². The number of ether oxygens (including phenoxy) is 1. The highest BCUT2D eigenvalue weighted by atomic mass is 127. The second kappa shape index (κ2) is 6.41. The van der Waals surface area contributed by atoms with Gasteiger partial charge in [-0.2, -0.15) is 39.4 Å². The van der Waals surface area contributed by atoms with Gasteiger partial charge in [0.25, 0.3) is 10.0 Å². The molecule has 1 saturated heterocycles. The molecule has 4 nitrogen and oxygen atoms in total. The van der Waals surface area contributed by atoms with Crippen LogP contribution in [0.15, 0.2) is 30.3 Å². The Bertz CT molecular complexity index is 768. The molecule has 2 unspecified atom stereocenters. The first-order valence-corrected chi connectivity index (χ1v) is 9.03. The van der Waals surface area contributed by atoms with E-state index in [1.165, 1.54) is 30.3 Å². The van der Waals surface area contributed by atoms with Crippen molar-refractivity contribution in [1.82, 2.24) is 4.31 Å². The number of alkyl halides is 9. The van der Waals surface area contributed by atoms with Crippen LogP contribution in [0, 0.1) is 0 Å². The first-order chi connectivity index (χ1) is 11.5. The molecule has 2 atom stereocenters. The van der Waals surface area contributed by atoms with Crippen molar-refractivity contribution in [1.29, 1.82) is 0 Å². The summed E-state index contributed by atoms with van der Waals surface area (Å²) in [6.07, 6.45) is -12.5. The van der Waals surface area contributed by atoms with Gasteiger partial charge in [-0.05, 0) is 5.56 Å². The summed E-state index contributed by atoms with van der Waals surface area (Å²) >= 11 is -0.301. The van der Waals surface area contributed by atoms with E-state index in [0.717, 1.165) is 0 Å². The molecule has 0 radical (unpaired) electrons. The first-order valence-electron chi connectivity index (χ1n) is 6.51. The normalized spacial score (nSPS) is 22.3. The van der Waals surface area contributed by atoms with E-state index in [2.05, 4.69) is 4.74 Å². The molecule has 0 saturated carbocycles. The Morgan fingerprint density at radius 1 is 0.962 bits per heavy atom. The molecule has 0 N–H and O–H groups in total. The van der Waals surface area contributed by atoms with Crippen LogP contribution in [0.1, 0.15) is 11.6 Å². The number of hydrogen-bond acceptors (Lipinski definition) is 3. The minimum atomic E-state index is -6.42. The Labute approximate surface area is 155 Å². The smallest absolute Gasteiger partial charge is 0.244 e. The third-order valence-corrected chi connectivity index (χ3v) is 5.84. The molecule has 1 aromatic rings. The van der Waals surface area contributed by atoms with Crippen LogP contribution < -0.4 is 0 Å². The summed E-state index contributed by atoms with van der Waals surface area (Å²) in [5.74, 6) is 0. The number of benzene rings is 1.